The molecule has 1 aliphatic heterocycles. The van der Waals surface area contributed by atoms with Gasteiger partial charge in [0, 0.05) is 24.0 Å². The fraction of sp³-hybridized carbons (Fsp3) is 0.667. The number of aryl methyl sites for hydroxylation is 1. The van der Waals surface area contributed by atoms with Crippen LogP contribution in [0.5, 0.6) is 0 Å². The molecular weight excluding hydrogens is 296 g/mol. The summed E-state index contributed by atoms with van der Waals surface area (Å²) in [6.07, 6.45) is 4.51. The van der Waals surface area contributed by atoms with E-state index in [-0.39, 0.29) is 6.04 Å². The zero-order valence-electron chi connectivity index (χ0n) is 13.5. The lowest BCUT2D eigenvalue weighted by Crippen LogP contribution is -2.34. The molecule has 0 saturated carbocycles. The highest BCUT2D eigenvalue weighted by molar-refractivity contribution is 7.16. The summed E-state index contributed by atoms with van der Waals surface area (Å²) in [5, 5.41) is 9.51. The van der Waals surface area contributed by atoms with Gasteiger partial charge in [0.25, 0.3) is 0 Å². The Morgan fingerprint density at radius 1 is 1.50 bits per heavy atom. The number of thiazole rings is 1. The van der Waals surface area contributed by atoms with Crippen molar-refractivity contribution in [3.05, 3.63) is 11.1 Å². The molecule has 0 radical (unpaired) electrons. The van der Waals surface area contributed by atoms with Crippen LogP contribution in [0.1, 0.15) is 31.6 Å². The quantitative estimate of drug-likeness (QED) is 0.936. The predicted octanol–water partition coefficient (Wildman–Crippen LogP) is 2.29. The van der Waals surface area contributed by atoms with Crippen LogP contribution in [0.15, 0.2) is 6.20 Å². The second-order valence-corrected chi connectivity index (χ2v) is 7.58. The molecule has 1 fully saturated rings. The molecule has 7 heteroatoms. The molecule has 1 saturated heterocycles. The van der Waals surface area contributed by atoms with E-state index < -0.39 is 0 Å². The molecule has 6 nitrogen and oxygen atoms in total. The summed E-state index contributed by atoms with van der Waals surface area (Å²) in [6.45, 7) is 9.26. The van der Waals surface area contributed by atoms with E-state index in [1.54, 1.807) is 16.0 Å². The van der Waals surface area contributed by atoms with Crippen LogP contribution >= 0.6 is 11.3 Å². The van der Waals surface area contributed by atoms with Gasteiger partial charge in [-0.15, -0.1) is 16.4 Å². The van der Waals surface area contributed by atoms with E-state index in [9.17, 15) is 0 Å². The summed E-state index contributed by atoms with van der Waals surface area (Å²) in [5.41, 5.74) is 7.60. The van der Waals surface area contributed by atoms with Crippen molar-refractivity contribution in [3.8, 4) is 11.4 Å². The minimum atomic E-state index is 0.0662. The molecule has 1 aliphatic rings. The number of nitrogens with zero attached hydrogens (tertiary/aromatic N) is 5. The molecule has 2 N–H and O–H groups in total. The molecule has 0 spiro atoms. The first-order chi connectivity index (χ1) is 10.5. The summed E-state index contributed by atoms with van der Waals surface area (Å²) in [5.74, 6) is 0.744. The van der Waals surface area contributed by atoms with Crippen molar-refractivity contribution in [2.45, 2.75) is 46.2 Å². The highest BCUT2D eigenvalue weighted by Gasteiger charge is 2.21. The van der Waals surface area contributed by atoms with Crippen LogP contribution in [-0.4, -0.2) is 39.1 Å². The Kier molecular flexibility index (Phi) is 4.44. The number of rotatable bonds is 4. The number of nitrogens with two attached hydrogens (primary N) is 1. The van der Waals surface area contributed by atoms with Gasteiger partial charge in [-0.05, 0) is 32.6 Å². The average Bonchev–Trinajstić information content (AvgIpc) is 3.04. The van der Waals surface area contributed by atoms with Crippen LogP contribution in [0.2, 0.25) is 0 Å². The average molecular weight is 320 g/mol. The third-order valence-corrected chi connectivity index (χ3v) is 5.00. The first-order valence-electron chi connectivity index (χ1n) is 7.91. The molecule has 22 heavy (non-hydrogen) atoms. The predicted molar refractivity (Wildman–Crippen MR) is 90.1 cm³/mol. The zero-order valence-corrected chi connectivity index (χ0v) is 14.3. The van der Waals surface area contributed by atoms with E-state index in [4.69, 9.17) is 10.7 Å². The summed E-state index contributed by atoms with van der Waals surface area (Å²) >= 11 is 1.75. The lowest BCUT2D eigenvalue weighted by molar-refractivity contribution is 0.446. The minimum absolute atomic E-state index is 0.0662. The molecule has 2 aromatic heterocycles. The van der Waals surface area contributed by atoms with Gasteiger partial charge >= 0.3 is 0 Å². The van der Waals surface area contributed by atoms with Gasteiger partial charge in [0.05, 0.1) is 12.7 Å². The van der Waals surface area contributed by atoms with Crippen molar-refractivity contribution in [3.63, 3.8) is 0 Å². The number of piperidine rings is 1. The highest BCUT2D eigenvalue weighted by Crippen LogP contribution is 2.33. The summed E-state index contributed by atoms with van der Waals surface area (Å²) in [4.78, 5) is 8.43. The Labute approximate surface area is 135 Å². The standard InChI is InChI=1S/C15H24N6S/c1-10-5-4-6-20(7-10)15-17-14(12(3)22-15)13-9-21(19-18-13)8-11(2)16/h9-11H,4-8,16H2,1-3H3/t10?,11-/m1/s1. The van der Waals surface area contributed by atoms with Crippen LogP contribution in [0.4, 0.5) is 5.13 Å². The van der Waals surface area contributed by atoms with E-state index in [2.05, 4.69) is 29.1 Å². The van der Waals surface area contributed by atoms with Crippen molar-refractivity contribution < 1.29 is 0 Å². The SMILES string of the molecule is Cc1sc(N2CCCC(C)C2)nc1-c1cn(C[C@@H](C)N)nn1. The van der Waals surface area contributed by atoms with Crippen LogP contribution in [0, 0.1) is 12.8 Å². The molecule has 0 amide bonds. The number of hydrogen-bond acceptors (Lipinski definition) is 6. The topological polar surface area (TPSA) is 72.9 Å². The Bertz CT molecular complexity index is 632. The second kappa shape index (κ2) is 6.34. The largest absolute Gasteiger partial charge is 0.348 e. The molecule has 2 aromatic rings. The number of anilines is 1. The van der Waals surface area contributed by atoms with Gasteiger partial charge in [-0.2, -0.15) is 0 Å². The third-order valence-electron chi connectivity index (χ3n) is 3.97. The first-order valence-corrected chi connectivity index (χ1v) is 8.73. The minimum Gasteiger partial charge on any atom is -0.348 e. The van der Waals surface area contributed by atoms with E-state index >= 15 is 0 Å². The molecule has 0 aromatic carbocycles. The molecule has 3 rings (SSSR count). The summed E-state index contributed by atoms with van der Waals surface area (Å²) in [6, 6.07) is 0.0662. The van der Waals surface area contributed by atoms with E-state index in [1.807, 2.05) is 13.1 Å². The molecule has 120 valence electrons. The maximum absolute atomic E-state index is 5.81. The Hall–Kier alpha value is -1.47. The molecule has 0 aliphatic carbocycles. The summed E-state index contributed by atoms with van der Waals surface area (Å²) < 4.78 is 1.79. The lowest BCUT2D eigenvalue weighted by Gasteiger charge is -2.30. The van der Waals surface area contributed by atoms with Crippen molar-refractivity contribution in [2.75, 3.05) is 18.0 Å². The lowest BCUT2D eigenvalue weighted by atomic mass is 10.0. The van der Waals surface area contributed by atoms with Gasteiger partial charge in [0.1, 0.15) is 11.4 Å². The van der Waals surface area contributed by atoms with Crippen LogP contribution in [0.3, 0.4) is 0 Å². The van der Waals surface area contributed by atoms with E-state index in [0.29, 0.717) is 6.54 Å². The van der Waals surface area contributed by atoms with Crippen molar-refractivity contribution in [1.82, 2.24) is 20.0 Å². The van der Waals surface area contributed by atoms with Crippen molar-refractivity contribution in [1.29, 1.82) is 0 Å². The van der Waals surface area contributed by atoms with Crippen LogP contribution in [0.25, 0.3) is 11.4 Å². The fourth-order valence-corrected chi connectivity index (χ4v) is 3.86. The number of aromatic nitrogens is 4. The van der Waals surface area contributed by atoms with Crippen LogP contribution < -0.4 is 10.6 Å². The van der Waals surface area contributed by atoms with Gasteiger partial charge in [-0.3, -0.25) is 4.68 Å². The van der Waals surface area contributed by atoms with Crippen molar-refractivity contribution in [2.24, 2.45) is 11.7 Å². The fourth-order valence-electron chi connectivity index (χ4n) is 2.91. The third kappa shape index (κ3) is 3.30. The Morgan fingerprint density at radius 3 is 3.05 bits per heavy atom. The Balaban J connectivity index is 1.81. The maximum Gasteiger partial charge on any atom is 0.186 e. The molecule has 1 unspecified atom stereocenters. The molecule has 0 bridgehead atoms. The second-order valence-electron chi connectivity index (χ2n) is 6.40. The van der Waals surface area contributed by atoms with Crippen molar-refractivity contribution >= 4 is 16.5 Å². The zero-order chi connectivity index (χ0) is 15.7. The van der Waals surface area contributed by atoms with Gasteiger partial charge in [0.2, 0.25) is 0 Å². The van der Waals surface area contributed by atoms with Gasteiger partial charge in [-0.1, -0.05) is 12.1 Å². The monoisotopic (exact) mass is 320 g/mol. The van der Waals surface area contributed by atoms with E-state index in [1.165, 1.54) is 17.7 Å². The molecule has 3 heterocycles. The molecular formula is C15H24N6S. The molecule has 2 atom stereocenters. The van der Waals surface area contributed by atoms with E-state index in [0.717, 1.165) is 35.5 Å². The normalized spacial score (nSPS) is 20.4. The smallest absolute Gasteiger partial charge is 0.186 e. The number of hydrogen-bond donors (Lipinski definition) is 1. The first kappa shape index (κ1) is 15.4. The highest BCUT2D eigenvalue weighted by atomic mass is 32.1. The van der Waals surface area contributed by atoms with Gasteiger partial charge in [-0.25, -0.2) is 4.98 Å². The maximum atomic E-state index is 5.81. The summed E-state index contributed by atoms with van der Waals surface area (Å²) in [7, 11) is 0. The Morgan fingerprint density at radius 2 is 2.32 bits per heavy atom. The van der Waals surface area contributed by atoms with Gasteiger partial charge < -0.3 is 10.6 Å². The van der Waals surface area contributed by atoms with Gasteiger partial charge in [0.15, 0.2) is 5.13 Å². The van der Waals surface area contributed by atoms with Crippen LogP contribution in [-0.2, 0) is 6.54 Å².